The summed E-state index contributed by atoms with van der Waals surface area (Å²) in [7, 11) is 0. The summed E-state index contributed by atoms with van der Waals surface area (Å²) in [5, 5.41) is 10.1. The zero-order chi connectivity index (χ0) is 21.5. The lowest BCUT2D eigenvalue weighted by atomic mass is 10.0. The summed E-state index contributed by atoms with van der Waals surface area (Å²) in [5.74, 6) is 0.587. The first-order valence-corrected chi connectivity index (χ1v) is 9.71. The summed E-state index contributed by atoms with van der Waals surface area (Å²) in [6, 6.07) is 22.0. The molecule has 0 heterocycles. The van der Waals surface area contributed by atoms with Crippen molar-refractivity contribution < 1.29 is 14.3 Å². The van der Waals surface area contributed by atoms with E-state index in [2.05, 4.69) is 6.07 Å². The zero-order valence-electron chi connectivity index (χ0n) is 16.7. The number of nitriles is 1. The molecule has 30 heavy (non-hydrogen) atoms. The topological polar surface area (TPSA) is 59.3 Å². The fraction of sp³-hybridized carbons (Fsp3) is 0.120. The number of allylic oxidation sites excluding steroid dienone is 1. The van der Waals surface area contributed by atoms with E-state index in [-0.39, 0.29) is 6.61 Å². The summed E-state index contributed by atoms with van der Waals surface area (Å²) in [4.78, 5) is 12.1. The van der Waals surface area contributed by atoms with Crippen LogP contribution < -0.4 is 9.47 Å². The van der Waals surface area contributed by atoms with Crippen molar-refractivity contribution in [3.05, 3.63) is 94.0 Å². The van der Waals surface area contributed by atoms with Gasteiger partial charge in [-0.05, 0) is 72.5 Å². The first-order chi connectivity index (χ1) is 14.4. The predicted octanol–water partition coefficient (Wildman–Crippen LogP) is 6.01. The van der Waals surface area contributed by atoms with Crippen LogP contribution in [0.2, 0.25) is 5.02 Å². The van der Waals surface area contributed by atoms with Crippen LogP contribution >= 0.6 is 11.6 Å². The Morgan fingerprint density at radius 1 is 1.03 bits per heavy atom. The van der Waals surface area contributed by atoms with E-state index in [1.165, 1.54) is 0 Å². The fourth-order valence-electron chi connectivity index (χ4n) is 2.77. The van der Waals surface area contributed by atoms with Gasteiger partial charge in [-0.2, -0.15) is 5.26 Å². The number of hydrogen-bond acceptors (Lipinski definition) is 4. The van der Waals surface area contributed by atoms with Crippen LogP contribution in [-0.4, -0.2) is 12.6 Å². The summed E-state index contributed by atoms with van der Waals surface area (Å²) < 4.78 is 10.9. The Hall–Kier alpha value is -3.55. The number of hydrogen-bond donors (Lipinski definition) is 0. The molecule has 3 aromatic rings. The summed E-state index contributed by atoms with van der Waals surface area (Å²) >= 11 is 5.90. The molecule has 3 aromatic carbocycles. The Morgan fingerprint density at radius 2 is 1.73 bits per heavy atom. The van der Waals surface area contributed by atoms with Crippen molar-refractivity contribution >= 4 is 29.2 Å². The average Bonchev–Trinajstić information content (AvgIpc) is 2.74. The van der Waals surface area contributed by atoms with Gasteiger partial charge in [0.05, 0.1) is 11.6 Å². The van der Waals surface area contributed by atoms with Crippen LogP contribution in [0.3, 0.4) is 0 Å². The number of halogens is 1. The van der Waals surface area contributed by atoms with Crippen molar-refractivity contribution in [2.75, 3.05) is 6.61 Å². The highest BCUT2D eigenvalue weighted by molar-refractivity contribution is 6.30. The molecule has 0 aliphatic carbocycles. The predicted molar refractivity (Wildman–Crippen MR) is 118 cm³/mol. The van der Waals surface area contributed by atoms with Crippen molar-refractivity contribution in [2.24, 2.45) is 0 Å². The molecule has 0 saturated carbocycles. The molecule has 0 amide bonds. The van der Waals surface area contributed by atoms with Gasteiger partial charge < -0.3 is 9.47 Å². The maximum Gasteiger partial charge on any atom is 0.349 e. The Balaban J connectivity index is 1.62. The minimum atomic E-state index is -0.488. The maximum absolute atomic E-state index is 12.1. The smallest absolute Gasteiger partial charge is 0.349 e. The number of nitrogens with zero attached hydrogens (tertiary/aromatic N) is 1. The van der Waals surface area contributed by atoms with Gasteiger partial charge in [-0.3, -0.25) is 0 Å². The molecule has 0 aliphatic heterocycles. The third-order valence-corrected chi connectivity index (χ3v) is 4.64. The Labute approximate surface area is 180 Å². The van der Waals surface area contributed by atoms with E-state index >= 15 is 0 Å². The van der Waals surface area contributed by atoms with Gasteiger partial charge in [0.15, 0.2) is 6.61 Å². The van der Waals surface area contributed by atoms with Gasteiger partial charge in [-0.15, -0.1) is 0 Å². The molecule has 0 unspecified atom stereocenters. The molecule has 0 N–H and O–H groups in total. The summed E-state index contributed by atoms with van der Waals surface area (Å²) in [5.41, 5.74) is 4.12. The summed E-state index contributed by atoms with van der Waals surface area (Å²) in [6.07, 6.45) is 1.76. The van der Waals surface area contributed by atoms with Crippen LogP contribution in [0.15, 0.2) is 66.7 Å². The minimum absolute atomic E-state index is 0.179. The van der Waals surface area contributed by atoms with Gasteiger partial charge in [-0.1, -0.05) is 48.0 Å². The van der Waals surface area contributed by atoms with Gasteiger partial charge in [0.25, 0.3) is 0 Å². The highest BCUT2D eigenvalue weighted by Crippen LogP contribution is 2.22. The normalized spacial score (nSPS) is 10.9. The van der Waals surface area contributed by atoms with Gasteiger partial charge in [-0.25, -0.2) is 4.79 Å². The molecular formula is C25H20ClNO3. The molecule has 3 rings (SSSR count). The first kappa shape index (κ1) is 21.2. The van der Waals surface area contributed by atoms with E-state index in [1.807, 2.05) is 32.0 Å². The SMILES string of the molecule is Cc1ccc(C)c(OCC(=O)Oc2ccc(/C=C(/C#N)c3ccc(Cl)cc3)cc2)c1. The summed E-state index contributed by atoms with van der Waals surface area (Å²) in [6.45, 7) is 3.71. The number of esters is 1. The lowest BCUT2D eigenvalue weighted by molar-refractivity contribution is -0.136. The molecule has 0 aliphatic rings. The van der Waals surface area contributed by atoms with E-state index in [9.17, 15) is 10.1 Å². The second kappa shape index (κ2) is 9.78. The number of rotatable bonds is 6. The van der Waals surface area contributed by atoms with E-state index in [1.54, 1.807) is 54.6 Å². The highest BCUT2D eigenvalue weighted by Gasteiger charge is 2.08. The second-order valence-corrected chi connectivity index (χ2v) is 7.21. The molecule has 0 radical (unpaired) electrons. The third kappa shape index (κ3) is 5.73. The van der Waals surface area contributed by atoms with Crippen LogP contribution in [0.4, 0.5) is 0 Å². The van der Waals surface area contributed by atoms with Crippen molar-refractivity contribution in [1.82, 2.24) is 0 Å². The lowest BCUT2D eigenvalue weighted by Gasteiger charge is -2.10. The largest absolute Gasteiger partial charge is 0.482 e. The fourth-order valence-corrected chi connectivity index (χ4v) is 2.89. The van der Waals surface area contributed by atoms with Crippen LogP contribution in [0, 0.1) is 25.2 Å². The molecule has 150 valence electrons. The molecule has 5 heteroatoms. The molecule has 0 saturated heterocycles. The number of carbonyl (C=O) groups excluding carboxylic acids is 1. The monoisotopic (exact) mass is 417 g/mol. The quantitative estimate of drug-likeness (QED) is 0.213. The zero-order valence-corrected chi connectivity index (χ0v) is 17.4. The Kier molecular flexibility index (Phi) is 6.90. The van der Waals surface area contributed by atoms with E-state index < -0.39 is 5.97 Å². The second-order valence-electron chi connectivity index (χ2n) is 6.78. The number of benzene rings is 3. The molecule has 0 atom stereocenters. The molecule has 0 spiro atoms. The Morgan fingerprint density at radius 3 is 2.40 bits per heavy atom. The molecule has 0 fully saturated rings. The molecule has 4 nitrogen and oxygen atoms in total. The Bertz CT molecular complexity index is 1110. The van der Waals surface area contributed by atoms with Crippen LogP contribution in [0.1, 0.15) is 22.3 Å². The van der Waals surface area contributed by atoms with Crippen molar-refractivity contribution in [3.8, 4) is 17.6 Å². The standard InChI is InChI=1S/C25H20ClNO3/c1-17-3-4-18(2)24(13-17)29-16-25(28)30-23-11-5-19(6-12-23)14-21(15-27)20-7-9-22(26)10-8-20/h3-14H,16H2,1-2H3/b21-14-. The van der Waals surface area contributed by atoms with Crippen LogP contribution in [0.25, 0.3) is 11.6 Å². The van der Waals surface area contributed by atoms with E-state index in [4.69, 9.17) is 21.1 Å². The molecular weight excluding hydrogens is 398 g/mol. The average molecular weight is 418 g/mol. The van der Waals surface area contributed by atoms with Crippen LogP contribution in [-0.2, 0) is 4.79 Å². The van der Waals surface area contributed by atoms with E-state index in [0.29, 0.717) is 22.1 Å². The molecule has 0 bridgehead atoms. The molecule has 0 aromatic heterocycles. The highest BCUT2D eigenvalue weighted by atomic mass is 35.5. The van der Waals surface area contributed by atoms with Gasteiger partial charge in [0.2, 0.25) is 0 Å². The van der Waals surface area contributed by atoms with E-state index in [0.717, 1.165) is 22.3 Å². The van der Waals surface area contributed by atoms with Crippen molar-refractivity contribution in [1.29, 1.82) is 5.26 Å². The number of aryl methyl sites for hydroxylation is 2. The lowest BCUT2D eigenvalue weighted by Crippen LogP contribution is -2.18. The third-order valence-electron chi connectivity index (χ3n) is 4.39. The minimum Gasteiger partial charge on any atom is -0.482 e. The first-order valence-electron chi connectivity index (χ1n) is 9.33. The van der Waals surface area contributed by atoms with Gasteiger partial charge in [0, 0.05) is 5.02 Å². The van der Waals surface area contributed by atoms with Gasteiger partial charge in [0.1, 0.15) is 11.5 Å². The van der Waals surface area contributed by atoms with Gasteiger partial charge >= 0.3 is 5.97 Å². The number of ether oxygens (including phenoxy) is 2. The van der Waals surface area contributed by atoms with Crippen LogP contribution in [0.5, 0.6) is 11.5 Å². The van der Waals surface area contributed by atoms with Crippen molar-refractivity contribution in [3.63, 3.8) is 0 Å². The maximum atomic E-state index is 12.1. The van der Waals surface area contributed by atoms with Crippen molar-refractivity contribution in [2.45, 2.75) is 13.8 Å². The number of carbonyl (C=O) groups is 1.